The van der Waals surface area contributed by atoms with Gasteiger partial charge in [0.1, 0.15) is 0 Å². The van der Waals surface area contributed by atoms with Crippen molar-refractivity contribution in [2.45, 2.75) is 53.4 Å². The van der Waals surface area contributed by atoms with E-state index < -0.39 is 11.4 Å². The second-order valence-electron chi connectivity index (χ2n) is 5.64. The number of aliphatic carboxylic acids is 1. The van der Waals surface area contributed by atoms with Gasteiger partial charge < -0.3 is 10.0 Å². The molecule has 1 rings (SSSR count). The van der Waals surface area contributed by atoms with Gasteiger partial charge >= 0.3 is 5.97 Å². The molecule has 0 aliphatic carbocycles. The molecule has 1 aliphatic heterocycles. The van der Waals surface area contributed by atoms with E-state index in [9.17, 15) is 9.90 Å². The molecule has 0 atom stereocenters. The van der Waals surface area contributed by atoms with Crippen LogP contribution < -0.4 is 0 Å². The summed E-state index contributed by atoms with van der Waals surface area (Å²) in [7, 11) is 0. The van der Waals surface area contributed by atoms with Gasteiger partial charge in [0.15, 0.2) is 0 Å². The normalized spacial score (nSPS) is 20.0. The van der Waals surface area contributed by atoms with E-state index in [2.05, 4.69) is 18.7 Å². The summed E-state index contributed by atoms with van der Waals surface area (Å²) in [5.74, 6) is -0.631. The average molecular weight is 241 g/mol. The molecule has 0 amide bonds. The third-order valence-electron chi connectivity index (χ3n) is 4.95. The Kier molecular flexibility index (Phi) is 4.59. The summed E-state index contributed by atoms with van der Waals surface area (Å²) in [4.78, 5) is 13.8. The second-order valence-corrected chi connectivity index (χ2v) is 5.64. The molecule has 0 radical (unpaired) electrons. The number of carbonyl (C=O) groups is 1. The molecule has 0 unspecified atom stereocenters. The van der Waals surface area contributed by atoms with Crippen molar-refractivity contribution in [3.8, 4) is 0 Å². The predicted molar refractivity (Wildman–Crippen MR) is 70.1 cm³/mol. The summed E-state index contributed by atoms with van der Waals surface area (Å²) in [5.41, 5.74) is -0.0701. The van der Waals surface area contributed by atoms with Gasteiger partial charge in [-0.05, 0) is 31.1 Å². The summed E-state index contributed by atoms with van der Waals surface area (Å²) in [6.07, 6.45) is 3.86. The number of nitrogens with zero attached hydrogens (tertiary/aromatic N) is 1. The van der Waals surface area contributed by atoms with Crippen LogP contribution in [0.4, 0.5) is 0 Å². The second kappa shape index (κ2) is 5.38. The molecule has 3 nitrogen and oxygen atoms in total. The molecular weight excluding hydrogens is 214 g/mol. The third kappa shape index (κ3) is 2.65. The molecule has 0 aromatic rings. The van der Waals surface area contributed by atoms with Gasteiger partial charge in [0.2, 0.25) is 0 Å². The lowest BCUT2D eigenvalue weighted by Gasteiger charge is -2.52. The van der Waals surface area contributed by atoms with Crippen molar-refractivity contribution in [3.63, 3.8) is 0 Å². The van der Waals surface area contributed by atoms with Crippen LogP contribution in [-0.4, -0.2) is 35.6 Å². The fourth-order valence-electron chi connectivity index (χ4n) is 2.98. The zero-order chi connectivity index (χ0) is 13.1. The summed E-state index contributed by atoms with van der Waals surface area (Å²) in [6.45, 7) is 11.3. The maximum atomic E-state index is 11.4. The van der Waals surface area contributed by atoms with E-state index in [1.165, 1.54) is 12.8 Å². The van der Waals surface area contributed by atoms with Crippen molar-refractivity contribution < 1.29 is 9.90 Å². The Morgan fingerprint density at radius 2 is 1.65 bits per heavy atom. The molecule has 1 heterocycles. The van der Waals surface area contributed by atoms with Gasteiger partial charge in [-0.25, -0.2) is 0 Å². The quantitative estimate of drug-likeness (QED) is 0.745. The SMILES string of the molecule is CCC1(CC)CN(CC(CC)(CC)C(=O)O)C1. The van der Waals surface area contributed by atoms with Crippen LogP contribution in [0.1, 0.15) is 53.4 Å². The van der Waals surface area contributed by atoms with Gasteiger partial charge in [-0.15, -0.1) is 0 Å². The Labute approximate surface area is 105 Å². The van der Waals surface area contributed by atoms with Gasteiger partial charge in [-0.1, -0.05) is 27.7 Å². The number of rotatable bonds is 7. The van der Waals surface area contributed by atoms with Crippen molar-refractivity contribution in [2.24, 2.45) is 10.8 Å². The highest BCUT2D eigenvalue weighted by atomic mass is 16.4. The predicted octanol–water partition coefficient (Wildman–Crippen LogP) is 3.00. The van der Waals surface area contributed by atoms with E-state index in [1.807, 2.05) is 13.8 Å². The largest absolute Gasteiger partial charge is 0.481 e. The molecule has 1 saturated heterocycles. The molecule has 3 heteroatoms. The van der Waals surface area contributed by atoms with Crippen LogP contribution in [0.3, 0.4) is 0 Å². The summed E-state index contributed by atoms with van der Waals surface area (Å²) in [5, 5.41) is 9.41. The highest BCUT2D eigenvalue weighted by Gasteiger charge is 2.45. The monoisotopic (exact) mass is 241 g/mol. The van der Waals surface area contributed by atoms with E-state index >= 15 is 0 Å². The van der Waals surface area contributed by atoms with Crippen molar-refractivity contribution in [3.05, 3.63) is 0 Å². The van der Waals surface area contributed by atoms with Gasteiger partial charge in [-0.3, -0.25) is 4.79 Å². The average Bonchev–Trinajstić information content (AvgIpc) is 2.29. The van der Waals surface area contributed by atoms with Crippen LogP contribution in [0.25, 0.3) is 0 Å². The summed E-state index contributed by atoms with van der Waals surface area (Å²) in [6, 6.07) is 0. The lowest BCUT2D eigenvalue weighted by Crippen LogP contribution is -2.59. The Morgan fingerprint density at radius 3 is 1.94 bits per heavy atom. The molecule has 0 bridgehead atoms. The maximum absolute atomic E-state index is 11.4. The van der Waals surface area contributed by atoms with Crippen LogP contribution in [0.5, 0.6) is 0 Å². The van der Waals surface area contributed by atoms with Crippen molar-refractivity contribution in [1.29, 1.82) is 0 Å². The van der Waals surface area contributed by atoms with E-state index in [0.717, 1.165) is 32.5 Å². The zero-order valence-electron chi connectivity index (χ0n) is 11.8. The maximum Gasteiger partial charge on any atom is 0.310 e. The smallest absolute Gasteiger partial charge is 0.310 e. The van der Waals surface area contributed by atoms with Crippen LogP contribution in [0.15, 0.2) is 0 Å². The van der Waals surface area contributed by atoms with E-state index in [-0.39, 0.29) is 0 Å². The Morgan fingerprint density at radius 1 is 1.18 bits per heavy atom. The first-order valence-corrected chi connectivity index (χ1v) is 6.93. The number of carboxylic acids is 1. The minimum Gasteiger partial charge on any atom is -0.481 e. The van der Waals surface area contributed by atoms with Gasteiger partial charge in [0.05, 0.1) is 5.41 Å². The number of hydrogen-bond acceptors (Lipinski definition) is 2. The van der Waals surface area contributed by atoms with Crippen molar-refractivity contribution >= 4 is 5.97 Å². The molecule has 0 spiro atoms. The van der Waals surface area contributed by atoms with Crippen LogP contribution in [0, 0.1) is 10.8 Å². The molecule has 0 aromatic heterocycles. The van der Waals surface area contributed by atoms with Crippen LogP contribution in [-0.2, 0) is 4.79 Å². The Hall–Kier alpha value is -0.570. The molecule has 1 aliphatic rings. The van der Waals surface area contributed by atoms with Crippen molar-refractivity contribution in [2.75, 3.05) is 19.6 Å². The van der Waals surface area contributed by atoms with Crippen LogP contribution in [0.2, 0.25) is 0 Å². The first-order chi connectivity index (χ1) is 7.97. The highest BCUT2D eigenvalue weighted by molar-refractivity contribution is 5.74. The Balaban J connectivity index is 2.59. The fourth-order valence-corrected chi connectivity index (χ4v) is 2.98. The number of carboxylic acid groups (broad SMARTS) is 1. The van der Waals surface area contributed by atoms with E-state index in [0.29, 0.717) is 5.41 Å². The van der Waals surface area contributed by atoms with Gasteiger partial charge in [0.25, 0.3) is 0 Å². The van der Waals surface area contributed by atoms with E-state index in [1.54, 1.807) is 0 Å². The molecule has 0 saturated carbocycles. The number of hydrogen-bond donors (Lipinski definition) is 1. The van der Waals surface area contributed by atoms with Gasteiger partial charge in [-0.2, -0.15) is 0 Å². The lowest BCUT2D eigenvalue weighted by molar-refractivity contribution is -0.153. The van der Waals surface area contributed by atoms with E-state index in [4.69, 9.17) is 0 Å². The first kappa shape index (κ1) is 14.5. The number of likely N-dealkylation sites (tertiary alicyclic amines) is 1. The topological polar surface area (TPSA) is 40.5 Å². The molecule has 1 fully saturated rings. The molecule has 17 heavy (non-hydrogen) atoms. The molecule has 0 aromatic carbocycles. The first-order valence-electron chi connectivity index (χ1n) is 6.93. The Bertz CT molecular complexity index is 259. The zero-order valence-corrected chi connectivity index (χ0v) is 11.8. The molecule has 1 N–H and O–H groups in total. The lowest BCUT2D eigenvalue weighted by atomic mass is 9.72. The summed E-state index contributed by atoms with van der Waals surface area (Å²) < 4.78 is 0. The minimum atomic E-state index is -0.631. The standard InChI is InChI=1S/C14H27NO2/c1-5-13(6-2)9-15(10-13)11-14(7-3,8-4)12(16)17/h5-11H2,1-4H3,(H,16,17). The highest BCUT2D eigenvalue weighted by Crippen LogP contribution is 2.40. The van der Waals surface area contributed by atoms with Crippen molar-refractivity contribution in [1.82, 2.24) is 4.90 Å². The van der Waals surface area contributed by atoms with Gasteiger partial charge in [0, 0.05) is 19.6 Å². The van der Waals surface area contributed by atoms with Crippen LogP contribution >= 0.6 is 0 Å². The molecular formula is C14H27NO2. The third-order valence-corrected chi connectivity index (χ3v) is 4.95. The fraction of sp³-hybridized carbons (Fsp3) is 0.929. The molecule has 100 valence electrons. The minimum absolute atomic E-state index is 0.464. The summed E-state index contributed by atoms with van der Waals surface area (Å²) >= 11 is 0.